The molecule has 0 bridgehead atoms. The van der Waals surface area contributed by atoms with E-state index in [9.17, 15) is 0 Å². The first-order valence-electron chi connectivity index (χ1n) is 4.70. The first-order valence-corrected chi connectivity index (χ1v) is 4.70. The fraction of sp³-hybridized carbons (Fsp3) is 1.00. The zero-order valence-corrected chi connectivity index (χ0v) is 7.77. The summed E-state index contributed by atoms with van der Waals surface area (Å²) in [6, 6.07) is 0. The number of rotatable bonds is 4. The van der Waals surface area contributed by atoms with Crippen LogP contribution >= 0.6 is 0 Å². The first-order chi connectivity index (χ1) is 5.33. The average Bonchev–Trinajstić information content (AvgIpc) is 2.40. The Kier molecular flexibility index (Phi) is 3.87. The minimum absolute atomic E-state index is 0.804. The quantitative estimate of drug-likeness (QED) is 0.651. The largest absolute Gasteiger partial charge is 0.319 e. The second-order valence-electron chi connectivity index (χ2n) is 3.67. The number of hydrogen-bond donors (Lipinski definition) is 1. The van der Waals surface area contributed by atoms with Crippen molar-refractivity contribution in [2.75, 3.05) is 33.2 Å². The van der Waals surface area contributed by atoms with E-state index in [1.165, 1.54) is 32.5 Å². The molecule has 0 aromatic heterocycles. The number of hydrogen-bond acceptors (Lipinski definition) is 2. The molecule has 11 heavy (non-hydrogen) atoms. The van der Waals surface area contributed by atoms with Gasteiger partial charge in [0.1, 0.15) is 0 Å². The summed E-state index contributed by atoms with van der Waals surface area (Å²) in [5.74, 6) is 0.804. The van der Waals surface area contributed by atoms with Crippen LogP contribution in [0, 0.1) is 5.92 Å². The highest BCUT2D eigenvalue weighted by atomic mass is 15.1. The molecule has 1 aliphatic rings. The lowest BCUT2D eigenvalue weighted by molar-refractivity contribution is 0.285. The van der Waals surface area contributed by atoms with E-state index in [2.05, 4.69) is 17.1 Å². The minimum Gasteiger partial charge on any atom is -0.319 e. The molecule has 0 aromatic carbocycles. The smallest absolute Gasteiger partial charge is 0.00191 e. The van der Waals surface area contributed by atoms with Crippen molar-refractivity contribution < 1.29 is 0 Å². The van der Waals surface area contributed by atoms with Crippen LogP contribution in [0.2, 0.25) is 0 Å². The molecule has 0 radical (unpaired) electrons. The molecule has 2 nitrogen and oxygen atoms in total. The van der Waals surface area contributed by atoms with E-state index in [1.54, 1.807) is 0 Å². The maximum Gasteiger partial charge on any atom is 0.00191 e. The van der Waals surface area contributed by atoms with E-state index >= 15 is 0 Å². The summed E-state index contributed by atoms with van der Waals surface area (Å²) in [5.41, 5.74) is 0. The summed E-state index contributed by atoms with van der Waals surface area (Å²) in [6.07, 6.45) is 2.82. The van der Waals surface area contributed by atoms with Crippen LogP contribution in [-0.2, 0) is 0 Å². The van der Waals surface area contributed by atoms with Crippen molar-refractivity contribution in [3.8, 4) is 0 Å². The van der Waals surface area contributed by atoms with Gasteiger partial charge in [-0.05, 0) is 45.4 Å². The van der Waals surface area contributed by atoms with Gasteiger partial charge in [0.05, 0.1) is 0 Å². The molecule has 0 spiro atoms. The fourth-order valence-corrected chi connectivity index (χ4v) is 1.82. The minimum atomic E-state index is 0.804. The van der Waals surface area contributed by atoms with Gasteiger partial charge in [0.25, 0.3) is 0 Å². The molecule has 1 fully saturated rings. The third-order valence-electron chi connectivity index (χ3n) is 2.32. The zero-order chi connectivity index (χ0) is 8.10. The normalized spacial score (nSPS) is 22.4. The zero-order valence-electron chi connectivity index (χ0n) is 7.77. The summed E-state index contributed by atoms with van der Waals surface area (Å²) in [6.45, 7) is 7.40. The molecule has 1 unspecified atom stereocenters. The van der Waals surface area contributed by atoms with Gasteiger partial charge in [-0.15, -0.1) is 0 Å². The Morgan fingerprint density at radius 2 is 2.00 bits per heavy atom. The lowest BCUT2D eigenvalue weighted by atomic mass is 10.2. The molecule has 0 amide bonds. The SMILES string of the molecule is CNCC(C)CN1CCCC1. The van der Waals surface area contributed by atoms with Gasteiger partial charge >= 0.3 is 0 Å². The highest BCUT2D eigenvalue weighted by Gasteiger charge is 2.13. The average molecular weight is 156 g/mol. The van der Waals surface area contributed by atoms with Crippen LogP contribution < -0.4 is 5.32 Å². The van der Waals surface area contributed by atoms with Crippen molar-refractivity contribution in [2.45, 2.75) is 19.8 Å². The monoisotopic (exact) mass is 156 g/mol. The van der Waals surface area contributed by atoms with E-state index in [0.717, 1.165) is 12.5 Å². The molecule has 1 rings (SSSR count). The Morgan fingerprint density at radius 3 is 2.55 bits per heavy atom. The van der Waals surface area contributed by atoms with Gasteiger partial charge in [0.2, 0.25) is 0 Å². The van der Waals surface area contributed by atoms with Gasteiger partial charge in [-0.1, -0.05) is 6.92 Å². The van der Waals surface area contributed by atoms with Gasteiger partial charge in [0.15, 0.2) is 0 Å². The molecule has 1 N–H and O–H groups in total. The van der Waals surface area contributed by atoms with Crippen molar-refractivity contribution >= 4 is 0 Å². The lowest BCUT2D eigenvalue weighted by Crippen LogP contribution is -2.30. The van der Waals surface area contributed by atoms with Crippen molar-refractivity contribution in [3.63, 3.8) is 0 Å². The van der Waals surface area contributed by atoms with Crippen molar-refractivity contribution in [1.29, 1.82) is 0 Å². The topological polar surface area (TPSA) is 15.3 Å². The van der Waals surface area contributed by atoms with Crippen LogP contribution in [0.3, 0.4) is 0 Å². The number of nitrogens with one attached hydrogen (secondary N) is 1. The Hall–Kier alpha value is -0.0800. The van der Waals surface area contributed by atoms with E-state index in [4.69, 9.17) is 0 Å². The Bertz CT molecular complexity index is 97.7. The Balaban J connectivity index is 2.08. The van der Waals surface area contributed by atoms with Gasteiger partial charge in [-0.25, -0.2) is 0 Å². The molecular weight excluding hydrogens is 136 g/mol. The van der Waals surface area contributed by atoms with Crippen LogP contribution in [0.5, 0.6) is 0 Å². The summed E-state index contributed by atoms with van der Waals surface area (Å²) < 4.78 is 0. The van der Waals surface area contributed by atoms with Gasteiger partial charge in [-0.2, -0.15) is 0 Å². The van der Waals surface area contributed by atoms with E-state index in [1.807, 2.05) is 7.05 Å². The highest BCUT2D eigenvalue weighted by molar-refractivity contribution is 4.69. The highest BCUT2D eigenvalue weighted by Crippen LogP contribution is 2.09. The fourth-order valence-electron chi connectivity index (χ4n) is 1.82. The molecular formula is C9H20N2. The van der Waals surface area contributed by atoms with Crippen molar-refractivity contribution in [1.82, 2.24) is 10.2 Å². The summed E-state index contributed by atoms with van der Waals surface area (Å²) in [4.78, 5) is 2.57. The van der Waals surface area contributed by atoms with Crippen LogP contribution in [0.15, 0.2) is 0 Å². The molecule has 1 saturated heterocycles. The van der Waals surface area contributed by atoms with Crippen LogP contribution in [0.25, 0.3) is 0 Å². The van der Waals surface area contributed by atoms with Crippen LogP contribution in [-0.4, -0.2) is 38.1 Å². The number of likely N-dealkylation sites (tertiary alicyclic amines) is 1. The summed E-state index contributed by atoms with van der Waals surface area (Å²) >= 11 is 0. The van der Waals surface area contributed by atoms with Gasteiger partial charge in [-0.3, -0.25) is 0 Å². The predicted molar refractivity (Wildman–Crippen MR) is 48.8 cm³/mol. The second-order valence-corrected chi connectivity index (χ2v) is 3.67. The third-order valence-corrected chi connectivity index (χ3v) is 2.32. The molecule has 0 saturated carbocycles. The molecule has 66 valence electrons. The third kappa shape index (κ3) is 3.21. The first kappa shape index (κ1) is 9.01. The standard InChI is InChI=1S/C9H20N2/c1-9(7-10-2)8-11-5-3-4-6-11/h9-10H,3-8H2,1-2H3. The Labute approximate surface area is 70.0 Å². The molecule has 1 atom stereocenters. The Morgan fingerprint density at radius 1 is 1.36 bits per heavy atom. The van der Waals surface area contributed by atoms with Gasteiger partial charge < -0.3 is 10.2 Å². The molecule has 2 heteroatoms. The molecule has 1 aliphatic heterocycles. The van der Waals surface area contributed by atoms with Crippen molar-refractivity contribution in [3.05, 3.63) is 0 Å². The second kappa shape index (κ2) is 4.73. The molecule has 1 heterocycles. The summed E-state index contributed by atoms with van der Waals surface area (Å²) in [7, 11) is 2.03. The predicted octanol–water partition coefficient (Wildman–Crippen LogP) is 0.938. The maximum absolute atomic E-state index is 3.21. The van der Waals surface area contributed by atoms with Gasteiger partial charge in [0, 0.05) is 6.54 Å². The molecule has 0 aliphatic carbocycles. The van der Waals surface area contributed by atoms with Crippen molar-refractivity contribution in [2.24, 2.45) is 5.92 Å². The maximum atomic E-state index is 3.21. The van der Waals surface area contributed by atoms with Crippen LogP contribution in [0.4, 0.5) is 0 Å². The van der Waals surface area contributed by atoms with E-state index in [-0.39, 0.29) is 0 Å². The number of nitrogens with zero attached hydrogens (tertiary/aromatic N) is 1. The van der Waals surface area contributed by atoms with Crippen LogP contribution in [0.1, 0.15) is 19.8 Å². The lowest BCUT2D eigenvalue weighted by Gasteiger charge is -2.19. The summed E-state index contributed by atoms with van der Waals surface area (Å²) in [5, 5.41) is 3.21. The van der Waals surface area contributed by atoms with E-state index in [0.29, 0.717) is 0 Å². The van der Waals surface area contributed by atoms with E-state index < -0.39 is 0 Å². The molecule has 0 aromatic rings.